The lowest BCUT2D eigenvalue weighted by molar-refractivity contribution is 0.0517. The summed E-state index contributed by atoms with van der Waals surface area (Å²) in [6.45, 7) is 11.0. The van der Waals surface area contributed by atoms with Gasteiger partial charge in [0.1, 0.15) is 5.60 Å². The first kappa shape index (κ1) is 22.2. The zero-order valence-electron chi connectivity index (χ0n) is 19.6. The maximum absolute atomic E-state index is 12.1. The monoisotopic (exact) mass is 434 g/mol. The van der Waals surface area contributed by atoms with Crippen LogP contribution in [-0.4, -0.2) is 40.9 Å². The van der Waals surface area contributed by atoms with Gasteiger partial charge in [0.2, 0.25) is 5.95 Å². The smallest absolute Gasteiger partial charge is 0.407 e. The van der Waals surface area contributed by atoms with Crippen LogP contribution in [0.5, 0.6) is 0 Å². The Hall–Kier alpha value is -3.02. The van der Waals surface area contributed by atoms with E-state index in [1.807, 2.05) is 26.8 Å². The second-order valence-corrected chi connectivity index (χ2v) is 9.81. The lowest BCUT2D eigenvalue weighted by Gasteiger charge is -2.34. The fraction of sp³-hybridized carbons (Fsp3) is 0.462. The van der Waals surface area contributed by atoms with Gasteiger partial charge in [-0.05, 0) is 64.2 Å². The Balaban J connectivity index is 1.52. The first-order chi connectivity index (χ1) is 15.3. The number of benzene rings is 2. The number of rotatable bonds is 5. The van der Waals surface area contributed by atoms with Gasteiger partial charge >= 0.3 is 6.09 Å². The van der Waals surface area contributed by atoms with Crippen molar-refractivity contribution in [2.24, 2.45) is 5.92 Å². The maximum Gasteiger partial charge on any atom is 0.407 e. The van der Waals surface area contributed by atoms with E-state index in [9.17, 15) is 4.79 Å². The highest BCUT2D eigenvalue weighted by atomic mass is 16.6. The largest absolute Gasteiger partial charge is 0.444 e. The standard InChI is InChI=1S/C26H34N4O2/c1-19-11-13-20(14-12-19)18-30-23-10-6-5-9-22(23)28-24(30)29-15-7-8-21(17-29)16-27-25(31)32-26(2,3)4/h5-6,9-14,21H,7-8,15-18H2,1-4H3,(H,27,31). The number of hydrogen-bond acceptors (Lipinski definition) is 4. The molecule has 170 valence electrons. The number of carbonyl (C=O) groups excluding carboxylic acids is 1. The van der Waals surface area contributed by atoms with Crippen LogP contribution < -0.4 is 10.2 Å². The Kier molecular flexibility index (Phi) is 6.40. The van der Waals surface area contributed by atoms with Crippen molar-refractivity contribution >= 4 is 23.1 Å². The van der Waals surface area contributed by atoms with Gasteiger partial charge in [-0.1, -0.05) is 42.0 Å². The number of aryl methyl sites for hydroxylation is 1. The van der Waals surface area contributed by atoms with Gasteiger partial charge in [-0.2, -0.15) is 0 Å². The molecule has 2 heterocycles. The zero-order chi connectivity index (χ0) is 22.7. The molecule has 0 aliphatic carbocycles. The molecule has 0 radical (unpaired) electrons. The average Bonchev–Trinajstić information content (AvgIpc) is 3.11. The predicted molar refractivity (Wildman–Crippen MR) is 129 cm³/mol. The molecule has 2 aromatic carbocycles. The SMILES string of the molecule is Cc1ccc(Cn2c(N3CCCC(CNC(=O)OC(C)(C)C)C3)nc3ccccc32)cc1. The molecule has 6 nitrogen and oxygen atoms in total. The van der Waals surface area contributed by atoms with Crippen LogP contribution in [0.3, 0.4) is 0 Å². The van der Waals surface area contributed by atoms with Crippen molar-refractivity contribution in [3.63, 3.8) is 0 Å². The number of imidazole rings is 1. The van der Waals surface area contributed by atoms with Crippen molar-refractivity contribution < 1.29 is 9.53 Å². The second kappa shape index (κ2) is 9.23. The second-order valence-electron chi connectivity index (χ2n) is 9.81. The fourth-order valence-corrected chi connectivity index (χ4v) is 4.29. The summed E-state index contributed by atoms with van der Waals surface area (Å²) < 4.78 is 7.72. The maximum atomic E-state index is 12.1. The molecular formula is C26H34N4O2. The van der Waals surface area contributed by atoms with Crippen LogP contribution in [0.15, 0.2) is 48.5 Å². The van der Waals surface area contributed by atoms with E-state index in [0.29, 0.717) is 12.5 Å². The molecule has 1 atom stereocenters. The Labute approximate surface area is 190 Å². The molecule has 1 aliphatic rings. The summed E-state index contributed by atoms with van der Waals surface area (Å²) in [6.07, 6.45) is 1.82. The summed E-state index contributed by atoms with van der Waals surface area (Å²) in [6, 6.07) is 17.0. The third-order valence-corrected chi connectivity index (χ3v) is 5.83. The number of aromatic nitrogens is 2. The minimum absolute atomic E-state index is 0.346. The highest BCUT2D eigenvalue weighted by Crippen LogP contribution is 2.28. The van der Waals surface area contributed by atoms with Crippen molar-refractivity contribution in [3.8, 4) is 0 Å². The topological polar surface area (TPSA) is 59.4 Å². The molecule has 4 rings (SSSR count). The van der Waals surface area contributed by atoms with Gasteiger partial charge in [-0.3, -0.25) is 0 Å². The number of carbonyl (C=O) groups is 1. The number of fused-ring (bicyclic) bond motifs is 1. The summed E-state index contributed by atoms with van der Waals surface area (Å²) >= 11 is 0. The summed E-state index contributed by atoms with van der Waals surface area (Å²) in [7, 11) is 0. The van der Waals surface area contributed by atoms with E-state index in [4.69, 9.17) is 9.72 Å². The molecule has 0 spiro atoms. The Bertz CT molecular complexity index is 1070. The molecule has 1 unspecified atom stereocenters. The van der Waals surface area contributed by atoms with E-state index in [1.54, 1.807) is 0 Å². The van der Waals surface area contributed by atoms with Gasteiger partial charge < -0.3 is 19.5 Å². The van der Waals surface area contributed by atoms with Crippen molar-refractivity contribution in [1.29, 1.82) is 0 Å². The summed E-state index contributed by atoms with van der Waals surface area (Å²) in [4.78, 5) is 19.5. The van der Waals surface area contributed by atoms with Crippen LogP contribution >= 0.6 is 0 Å². The molecule has 1 aliphatic heterocycles. The average molecular weight is 435 g/mol. The van der Waals surface area contributed by atoms with Gasteiger partial charge in [0.15, 0.2) is 0 Å². The summed E-state index contributed by atoms with van der Waals surface area (Å²) in [5.74, 6) is 1.37. The number of alkyl carbamates (subject to hydrolysis) is 1. The third kappa shape index (κ3) is 5.42. The normalized spacial score (nSPS) is 16.9. The highest BCUT2D eigenvalue weighted by Gasteiger charge is 2.25. The first-order valence-electron chi connectivity index (χ1n) is 11.5. The Morgan fingerprint density at radius 3 is 2.66 bits per heavy atom. The van der Waals surface area contributed by atoms with Crippen LogP contribution in [0.4, 0.5) is 10.7 Å². The van der Waals surface area contributed by atoms with E-state index in [0.717, 1.165) is 49.5 Å². The van der Waals surface area contributed by atoms with Gasteiger partial charge in [0.25, 0.3) is 0 Å². The predicted octanol–water partition coefficient (Wildman–Crippen LogP) is 5.13. The molecule has 1 aromatic heterocycles. The number of hydrogen-bond donors (Lipinski definition) is 1. The molecule has 1 amide bonds. The van der Waals surface area contributed by atoms with Gasteiger partial charge in [-0.15, -0.1) is 0 Å². The molecule has 0 saturated carbocycles. The van der Waals surface area contributed by atoms with Crippen molar-refractivity contribution in [2.75, 3.05) is 24.5 Å². The highest BCUT2D eigenvalue weighted by molar-refractivity contribution is 5.79. The summed E-state index contributed by atoms with van der Waals surface area (Å²) in [5.41, 5.74) is 4.21. The lowest BCUT2D eigenvalue weighted by atomic mass is 9.98. The molecule has 1 N–H and O–H groups in total. The zero-order valence-corrected chi connectivity index (χ0v) is 19.6. The number of nitrogens with one attached hydrogen (secondary N) is 1. The van der Waals surface area contributed by atoms with Crippen LogP contribution in [0.25, 0.3) is 11.0 Å². The third-order valence-electron chi connectivity index (χ3n) is 5.83. The number of nitrogens with zero attached hydrogens (tertiary/aromatic N) is 3. The molecule has 32 heavy (non-hydrogen) atoms. The van der Waals surface area contributed by atoms with Crippen LogP contribution in [-0.2, 0) is 11.3 Å². The quantitative estimate of drug-likeness (QED) is 0.604. The number of anilines is 1. The Morgan fingerprint density at radius 2 is 1.91 bits per heavy atom. The van der Waals surface area contributed by atoms with Crippen LogP contribution in [0.1, 0.15) is 44.7 Å². The molecule has 0 bridgehead atoms. The van der Waals surface area contributed by atoms with Crippen molar-refractivity contribution in [2.45, 2.75) is 52.7 Å². The number of piperidine rings is 1. The number of para-hydroxylation sites is 2. The molecule has 1 fully saturated rings. The van der Waals surface area contributed by atoms with Crippen LogP contribution in [0, 0.1) is 12.8 Å². The minimum Gasteiger partial charge on any atom is -0.444 e. The van der Waals surface area contributed by atoms with Crippen molar-refractivity contribution in [1.82, 2.24) is 14.9 Å². The van der Waals surface area contributed by atoms with Gasteiger partial charge in [0, 0.05) is 19.6 Å². The fourth-order valence-electron chi connectivity index (χ4n) is 4.29. The molecule has 3 aromatic rings. The van der Waals surface area contributed by atoms with Crippen LogP contribution in [0.2, 0.25) is 0 Å². The Morgan fingerprint density at radius 1 is 1.16 bits per heavy atom. The molecular weight excluding hydrogens is 400 g/mol. The van der Waals surface area contributed by atoms with Gasteiger partial charge in [-0.25, -0.2) is 9.78 Å². The molecule has 1 saturated heterocycles. The summed E-state index contributed by atoms with van der Waals surface area (Å²) in [5, 5.41) is 2.95. The van der Waals surface area contributed by atoms with E-state index in [-0.39, 0.29) is 6.09 Å². The van der Waals surface area contributed by atoms with E-state index >= 15 is 0 Å². The van der Waals surface area contributed by atoms with E-state index in [2.05, 4.69) is 64.2 Å². The van der Waals surface area contributed by atoms with E-state index < -0.39 is 5.60 Å². The molecule has 6 heteroatoms. The lowest BCUT2D eigenvalue weighted by Crippen LogP contribution is -2.43. The minimum atomic E-state index is -0.483. The van der Waals surface area contributed by atoms with E-state index in [1.165, 1.54) is 11.1 Å². The van der Waals surface area contributed by atoms with Gasteiger partial charge in [0.05, 0.1) is 17.6 Å². The van der Waals surface area contributed by atoms with Crippen molar-refractivity contribution in [3.05, 3.63) is 59.7 Å². The number of amides is 1. The first-order valence-corrected chi connectivity index (χ1v) is 11.5. The number of ether oxygens (including phenoxy) is 1.